The van der Waals surface area contributed by atoms with Crippen LogP contribution in [-0.2, 0) is 11.2 Å². The molecule has 1 fully saturated rings. The number of aromatic nitrogens is 2. The maximum absolute atomic E-state index is 11.9. The van der Waals surface area contributed by atoms with Crippen LogP contribution in [0.3, 0.4) is 0 Å². The van der Waals surface area contributed by atoms with Gasteiger partial charge in [0, 0.05) is 24.2 Å². The number of hydrogen-bond acceptors (Lipinski definition) is 3. The highest BCUT2D eigenvalue weighted by Crippen LogP contribution is 2.20. The van der Waals surface area contributed by atoms with Gasteiger partial charge in [0.05, 0.1) is 0 Å². The molecule has 1 aromatic heterocycles. The van der Waals surface area contributed by atoms with E-state index in [0.29, 0.717) is 18.3 Å². The molecule has 106 valence electrons. The molecule has 2 rings (SSSR count). The van der Waals surface area contributed by atoms with E-state index in [2.05, 4.69) is 41.6 Å². The molecule has 1 atom stereocenters. The second-order valence-corrected chi connectivity index (χ2v) is 6.56. The highest BCUT2D eigenvalue weighted by molar-refractivity contribution is 5.90. The first-order chi connectivity index (χ1) is 8.92. The maximum Gasteiger partial charge on any atom is 0.227 e. The highest BCUT2D eigenvalue weighted by Gasteiger charge is 2.18. The number of aromatic amines is 1. The summed E-state index contributed by atoms with van der Waals surface area (Å²) in [4.78, 5) is 11.9. The number of carbonyl (C=O) groups is 1. The van der Waals surface area contributed by atoms with Gasteiger partial charge in [0.15, 0.2) is 5.82 Å². The molecule has 19 heavy (non-hydrogen) atoms. The largest absolute Gasteiger partial charge is 0.313 e. The molecule has 0 radical (unpaired) electrons. The third kappa shape index (κ3) is 4.67. The molecule has 5 nitrogen and oxygen atoms in total. The van der Waals surface area contributed by atoms with Gasteiger partial charge in [0.25, 0.3) is 0 Å². The van der Waals surface area contributed by atoms with Crippen LogP contribution in [0.1, 0.15) is 45.7 Å². The standard InChI is InChI=1S/C14H24N4O/c1-14(2,3)9-11-7-12(18-17-11)16-13(19)8-10-5-4-6-15-10/h7,10,15H,4-6,8-9H2,1-3H3,(H2,16,17,18,19). The van der Waals surface area contributed by atoms with Crippen molar-refractivity contribution in [3.8, 4) is 0 Å². The fourth-order valence-electron chi connectivity index (χ4n) is 2.44. The first-order valence-electron chi connectivity index (χ1n) is 7.00. The van der Waals surface area contributed by atoms with Gasteiger partial charge in [-0.3, -0.25) is 9.89 Å². The lowest BCUT2D eigenvalue weighted by Gasteiger charge is -2.15. The molecule has 0 bridgehead atoms. The summed E-state index contributed by atoms with van der Waals surface area (Å²) in [5.41, 5.74) is 1.27. The summed E-state index contributed by atoms with van der Waals surface area (Å²) in [7, 11) is 0. The van der Waals surface area contributed by atoms with Crippen molar-refractivity contribution in [1.29, 1.82) is 0 Å². The molecule has 1 aliphatic rings. The fraction of sp³-hybridized carbons (Fsp3) is 0.714. The van der Waals surface area contributed by atoms with Crippen LogP contribution >= 0.6 is 0 Å². The van der Waals surface area contributed by atoms with Crippen molar-refractivity contribution in [2.24, 2.45) is 5.41 Å². The zero-order valence-electron chi connectivity index (χ0n) is 12.0. The molecule has 0 spiro atoms. The van der Waals surface area contributed by atoms with Gasteiger partial charge in [-0.2, -0.15) is 5.10 Å². The highest BCUT2D eigenvalue weighted by atomic mass is 16.1. The normalized spacial score (nSPS) is 19.6. The van der Waals surface area contributed by atoms with E-state index < -0.39 is 0 Å². The van der Waals surface area contributed by atoms with Crippen molar-refractivity contribution in [3.63, 3.8) is 0 Å². The van der Waals surface area contributed by atoms with Gasteiger partial charge < -0.3 is 10.6 Å². The molecule has 2 heterocycles. The lowest BCUT2D eigenvalue weighted by Crippen LogP contribution is -2.27. The van der Waals surface area contributed by atoms with Crippen LogP contribution in [0.2, 0.25) is 0 Å². The van der Waals surface area contributed by atoms with Gasteiger partial charge in [-0.25, -0.2) is 0 Å². The van der Waals surface area contributed by atoms with Crippen LogP contribution in [0.4, 0.5) is 5.82 Å². The number of nitrogens with one attached hydrogen (secondary N) is 3. The Hall–Kier alpha value is -1.36. The summed E-state index contributed by atoms with van der Waals surface area (Å²) in [6, 6.07) is 2.25. The Balaban J connectivity index is 1.83. The first-order valence-corrected chi connectivity index (χ1v) is 7.00. The zero-order chi connectivity index (χ0) is 13.9. The molecule has 1 unspecified atom stereocenters. The van der Waals surface area contributed by atoms with Gasteiger partial charge in [-0.15, -0.1) is 0 Å². The third-order valence-electron chi connectivity index (χ3n) is 3.21. The third-order valence-corrected chi connectivity index (χ3v) is 3.21. The molecule has 1 amide bonds. The average Bonchev–Trinajstić information content (AvgIpc) is 2.88. The lowest BCUT2D eigenvalue weighted by atomic mass is 9.91. The molecular weight excluding hydrogens is 240 g/mol. The fourth-order valence-corrected chi connectivity index (χ4v) is 2.44. The number of H-pyrrole nitrogens is 1. The second kappa shape index (κ2) is 5.74. The summed E-state index contributed by atoms with van der Waals surface area (Å²) in [6.07, 6.45) is 3.70. The van der Waals surface area contributed by atoms with Crippen LogP contribution in [0, 0.1) is 5.41 Å². The Morgan fingerprint density at radius 2 is 2.32 bits per heavy atom. The molecule has 1 aromatic rings. The summed E-state index contributed by atoms with van der Waals surface area (Å²) in [5, 5.41) is 13.3. The summed E-state index contributed by atoms with van der Waals surface area (Å²) < 4.78 is 0. The molecule has 0 saturated carbocycles. The SMILES string of the molecule is CC(C)(C)Cc1cc(NC(=O)CC2CCCN2)n[nH]1. The number of anilines is 1. The molecule has 0 aromatic carbocycles. The Bertz CT molecular complexity index is 427. The van der Waals surface area contributed by atoms with E-state index >= 15 is 0 Å². The Morgan fingerprint density at radius 1 is 1.53 bits per heavy atom. The summed E-state index contributed by atoms with van der Waals surface area (Å²) in [5.74, 6) is 0.662. The molecule has 3 N–H and O–H groups in total. The topological polar surface area (TPSA) is 69.8 Å². The Labute approximate surface area is 114 Å². The zero-order valence-corrected chi connectivity index (χ0v) is 12.0. The predicted molar refractivity (Wildman–Crippen MR) is 76.0 cm³/mol. The van der Waals surface area contributed by atoms with Crippen LogP contribution < -0.4 is 10.6 Å². The molecule has 5 heteroatoms. The van der Waals surface area contributed by atoms with Crippen molar-refractivity contribution in [2.45, 2.75) is 52.5 Å². The van der Waals surface area contributed by atoms with Gasteiger partial charge in [0.2, 0.25) is 5.91 Å². The van der Waals surface area contributed by atoms with Crippen LogP contribution in [-0.4, -0.2) is 28.7 Å². The van der Waals surface area contributed by atoms with Crippen molar-refractivity contribution in [1.82, 2.24) is 15.5 Å². The quantitative estimate of drug-likeness (QED) is 0.780. The van der Waals surface area contributed by atoms with Crippen LogP contribution in [0.25, 0.3) is 0 Å². The summed E-state index contributed by atoms with van der Waals surface area (Å²) in [6.45, 7) is 7.56. The predicted octanol–water partition coefficient (Wildman–Crippen LogP) is 2.08. The van der Waals surface area contributed by atoms with Crippen molar-refractivity contribution >= 4 is 11.7 Å². The minimum atomic E-state index is 0.0354. The second-order valence-electron chi connectivity index (χ2n) is 6.56. The van der Waals surface area contributed by atoms with Gasteiger partial charge in [0.1, 0.15) is 0 Å². The number of rotatable bonds is 4. The molecule has 0 aliphatic carbocycles. The van der Waals surface area contributed by atoms with Gasteiger partial charge in [-0.05, 0) is 31.2 Å². The van der Waals surface area contributed by atoms with Crippen molar-refractivity contribution in [2.75, 3.05) is 11.9 Å². The van der Waals surface area contributed by atoms with Crippen LogP contribution in [0.5, 0.6) is 0 Å². The number of hydrogen-bond donors (Lipinski definition) is 3. The number of carbonyl (C=O) groups excluding carboxylic acids is 1. The minimum absolute atomic E-state index is 0.0354. The van der Waals surface area contributed by atoms with Crippen LogP contribution in [0.15, 0.2) is 6.07 Å². The summed E-state index contributed by atoms with van der Waals surface area (Å²) >= 11 is 0. The monoisotopic (exact) mass is 264 g/mol. The Morgan fingerprint density at radius 3 is 2.95 bits per heavy atom. The van der Waals surface area contributed by atoms with Gasteiger partial charge >= 0.3 is 0 Å². The van der Waals surface area contributed by atoms with Gasteiger partial charge in [-0.1, -0.05) is 20.8 Å². The maximum atomic E-state index is 11.9. The van der Waals surface area contributed by atoms with Crippen molar-refractivity contribution < 1.29 is 4.79 Å². The molecule has 1 saturated heterocycles. The van der Waals surface area contributed by atoms with E-state index in [1.807, 2.05) is 6.07 Å². The van der Waals surface area contributed by atoms with E-state index in [1.165, 1.54) is 0 Å². The minimum Gasteiger partial charge on any atom is -0.313 e. The molecule has 1 aliphatic heterocycles. The number of amides is 1. The van der Waals surface area contributed by atoms with E-state index in [-0.39, 0.29) is 11.3 Å². The number of nitrogens with zero attached hydrogens (tertiary/aromatic N) is 1. The first kappa shape index (κ1) is 14.1. The lowest BCUT2D eigenvalue weighted by molar-refractivity contribution is -0.116. The van der Waals surface area contributed by atoms with E-state index in [4.69, 9.17) is 0 Å². The molecular formula is C14H24N4O. The van der Waals surface area contributed by atoms with E-state index in [0.717, 1.165) is 31.5 Å². The van der Waals surface area contributed by atoms with Crippen molar-refractivity contribution in [3.05, 3.63) is 11.8 Å². The Kier molecular flexibility index (Phi) is 4.24. The smallest absolute Gasteiger partial charge is 0.227 e. The van der Waals surface area contributed by atoms with E-state index in [1.54, 1.807) is 0 Å². The average molecular weight is 264 g/mol. The van der Waals surface area contributed by atoms with E-state index in [9.17, 15) is 4.79 Å².